The first kappa shape index (κ1) is 15.9. The number of benzene rings is 1. The van der Waals surface area contributed by atoms with E-state index in [1.54, 1.807) is 14.1 Å². The van der Waals surface area contributed by atoms with E-state index in [1.165, 1.54) is 29.2 Å². The molecule has 0 saturated carbocycles. The van der Waals surface area contributed by atoms with Crippen molar-refractivity contribution < 1.29 is 9.18 Å². The van der Waals surface area contributed by atoms with E-state index < -0.39 is 17.7 Å². The second-order valence-electron chi connectivity index (χ2n) is 5.17. The van der Waals surface area contributed by atoms with Crippen LogP contribution in [-0.4, -0.2) is 29.9 Å². The summed E-state index contributed by atoms with van der Waals surface area (Å²) in [6.07, 6.45) is 0. The first-order valence-corrected chi connectivity index (χ1v) is 6.95. The van der Waals surface area contributed by atoms with Crippen LogP contribution in [0.5, 0.6) is 0 Å². The molecule has 3 N–H and O–H groups in total. The fourth-order valence-electron chi connectivity index (χ4n) is 2.46. The Hall–Kier alpha value is -2.46. The van der Waals surface area contributed by atoms with Gasteiger partial charge in [0, 0.05) is 20.0 Å². The number of halogens is 1. The molecule has 2 atom stereocenters. The van der Waals surface area contributed by atoms with Gasteiger partial charge in [-0.25, -0.2) is 4.39 Å². The molecular formula is C15H15FN4OS. The van der Waals surface area contributed by atoms with Gasteiger partial charge in [-0.15, -0.1) is 0 Å². The number of allylic oxidation sites excluding steroid dienone is 1. The third-order valence-electron chi connectivity index (χ3n) is 3.53. The number of amides is 1. The van der Waals surface area contributed by atoms with Crippen LogP contribution in [0.2, 0.25) is 0 Å². The molecule has 0 spiro atoms. The lowest BCUT2D eigenvalue weighted by Gasteiger charge is -2.34. The molecule has 0 aromatic heterocycles. The molecule has 5 nitrogen and oxygen atoms in total. The molecule has 1 aromatic rings. The molecule has 114 valence electrons. The number of nitrogens with two attached hydrogens (primary N) is 1. The molecule has 1 aliphatic heterocycles. The van der Waals surface area contributed by atoms with E-state index in [0.717, 1.165) is 0 Å². The maximum absolute atomic E-state index is 13.2. The topological polar surface area (TPSA) is 82.2 Å². The second-order valence-corrected chi connectivity index (χ2v) is 5.61. The summed E-state index contributed by atoms with van der Waals surface area (Å²) in [5, 5.41) is 12.1. The summed E-state index contributed by atoms with van der Waals surface area (Å²) in [7, 11) is 3.22. The van der Waals surface area contributed by atoms with Crippen LogP contribution >= 0.6 is 12.2 Å². The fraction of sp³-hybridized carbons (Fsp3) is 0.267. The zero-order valence-corrected chi connectivity index (χ0v) is 12.9. The third kappa shape index (κ3) is 2.78. The Morgan fingerprint density at radius 1 is 1.41 bits per heavy atom. The van der Waals surface area contributed by atoms with Gasteiger partial charge in [0.1, 0.15) is 17.6 Å². The molecule has 1 aliphatic rings. The number of hydrogen-bond acceptors (Lipinski definition) is 4. The molecule has 0 bridgehead atoms. The number of rotatable bonds is 2. The van der Waals surface area contributed by atoms with Crippen molar-refractivity contribution in [1.29, 1.82) is 5.26 Å². The molecule has 0 radical (unpaired) electrons. The minimum atomic E-state index is -0.752. The first-order valence-electron chi connectivity index (χ1n) is 6.54. The fourth-order valence-corrected chi connectivity index (χ4v) is 2.80. The molecule has 0 unspecified atom stereocenters. The Morgan fingerprint density at radius 3 is 2.50 bits per heavy atom. The van der Waals surface area contributed by atoms with Crippen LogP contribution in [0.3, 0.4) is 0 Å². The van der Waals surface area contributed by atoms with Crippen molar-refractivity contribution >= 4 is 23.1 Å². The average Bonchev–Trinajstić information content (AvgIpc) is 2.46. The molecule has 22 heavy (non-hydrogen) atoms. The van der Waals surface area contributed by atoms with Gasteiger partial charge in [-0.2, -0.15) is 5.26 Å². The second kappa shape index (κ2) is 6.12. The number of carbonyl (C=O) groups excluding carboxylic acids is 1. The zero-order valence-electron chi connectivity index (χ0n) is 12.1. The lowest BCUT2D eigenvalue weighted by molar-refractivity contribution is -0.131. The summed E-state index contributed by atoms with van der Waals surface area (Å²) in [4.78, 5) is 14.1. The van der Waals surface area contributed by atoms with Crippen LogP contribution in [-0.2, 0) is 4.79 Å². The lowest BCUT2D eigenvalue weighted by atomic mass is 9.77. The van der Waals surface area contributed by atoms with Crippen molar-refractivity contribution in [3.8, 4) is 6.07 Å². The molecule has 1 heterocycles. The summed E-state index contributed by atoms with van der Waals surface area (Å²) in [5.74, 6) is -1.89. The molecule has 7 heteroatoms. The number of hydrogen-bond donors (Lipinski definition) is 2. The molecule has 0 aliphatic carbocycles. The van der Waals surface area contributed by atoms with E-state index in [0.29, 0.717) is 5.56 Å². The SMILES string of the molecule is CN(C)C(=O)[C@@H]1C(=S)NC(N)=C(C#N)[C@H]1c1ccc(F)cc1. The van der Waals surface area contributed by atoms with Gasteiger partial charge < -0.3 is 16.0 Å². The van der Waals surface area contributed by atoms with E-state index in [4.69, 9.17) is 18.0 Å². The Balaban J connectivity index is 2.60. The number of thiocarbonyl (C=S) groups is 1. The van der Waals surface area contributed by atoms with Crippen molar-refractivity contribution in [1.82, 2.24) is 10.2 Å². The van der Waals surface area contributed by atoms with Crippen LogP contribution in [0.4, 0.5) is 4.39 Å². The van der Waals surface area contributed by atoms with Crippen LogP contribution in [0.15, 0.2) is 35.7 Å². The van der Waals surface area contributed by atoms with Gasteiger partial charge in [0.15, 0.2) is 0 Å². The minimum Gasteiger partial charge on any atom is -0.384 e. The van der Waals surface area contributed by atoms with E-state index in [9.17, 15) is 14.4 Å². The van der Waals surface area contributed by atoms with Gasteiger partial charge in [-0.3, -0.25) is 4.79 Å². The van der Waals surface area contributed by atoms with Crippen LogP contribution in [0.25, 0.3) is 0 Å². The van der Waals surface area contributed by atoms with E-state index in [1.807, 2.05) is 6.07 Å². The molecule has 0 fully saturated rings. The summed E-state index contributed by atoms with van der Waals surface area (Å²) in [6, 6.07) is 7.66. The highest BCUT2D eigenvalue weighted by molar-refractivity contribution is 7.80. The predicted octanol–water partition coefficient (Wildman–Crippen LogP) is 1.24. The molecule has 0 saturated heterocycles. The Bertz CT molecular complexity index is 690. The summed E-state index contributed by atoms with van der Waals surface area (Å²) < 4.78 is 13.2. The predicted molar refractivity (Wildman–Crippen MR) is 83.9 cm³/mol. The number of carbonyl (C=O) groups is 1. The summed E-state index contributed by atoms with van der Waals surface area (Å²) >= 11 is 5.25. The van der Waals surface area contributed by atoms with Crippen molar-refractivity contribution in [3.05, 3.63) is 47.0 Å². The molecule has 1 amide bonds. The standard InChI is InChI=1S/C15H15FN4OS/c1-20(2)15(21)12-11(8-3-5-9(16)6-4-8)10(7-17)13(18)19-14(12)22/h3-6,11-12H,18H2,1-2H3,(H,19,22)/t11-,12+/m1/s1. The first-order chi connectivity index (χ1) is 10.4. The molecule has 1 aromatic carbocycles. The summed E-state index contributed by atoms with van der Waals surface area (Å²) in [5.41, 5.74) is 6.67. The average molecular weight is 318 g/mol. The smallest absolute Gasteiger partial charge is 0.233 e. The third-order valence-corrected chi connectivity index (χ3v) is 3.89. The highest BCUT2D eigenvalue weighted by Gasteiger charge is 2.41. The van der Waals surface area contributed by atoms with E-state index >= 15 is 0 Å². The van der Waals surface area contributed by atoms with Gasteiger partial charge in [0.05, 0.1) is 16.6 Å². The van der Waals surface area contributed by atoms with E-state index in [2.05, 4.69) is 5.32 Å². The number of nitriles is 1. The maximum Gasteiger partial charge on any atom is 0.233 e. The highest BCUT2D eigenvalue weighted by atomic mass is 32.1. The quantitative estimate of drug-likeness (QED) is 0.802. The van der Waals surface area contributed by atoms with Gasteiger partial charge in [-0.05, 0) is 17.7 Å². The van der Waals surface area contributed by atoms with Crippen LogP contribution in [0.1, 0.15) is 11.5 Å². The van der Waals surface area contributed by atoms with Crippen LogP contribution in [0, 0.1) is 23.1 Å². The summed E-state index contributed by atoms with van der Waals surface area (Å²) in [6.45, 7) is 0. The number of nitrogens with zero attached hydrogens (tertiary/aromatic N) is 2. The Kier molecular flexibility index (Phi) is 4.43. The minimum absolute atomic E-state index is 0.129. The van der Waals surface area contributed by atoms with Crippen LogP contribution < -0.4 is 11.1 Å². The lowest BCUT2D eigenvalue weighted by Crippen LogP contribution is -2.48. The largest absolute Gasteiger partial charge is 0.384 e. The monoisotopic (exact) mass is 318 g/mol. The van der Waals surface area contributed by atoms with Gasteiger partial charge in [-0.1, -0.05) is 24.4 Å². The van der Waals surface area contributed by atoms with Crippen molar-refractivity contribution in [2.75, 3.05) is 14.1 Å². The molecule has 2 rings (SSSR count). The van der Waals surface area contributed by atoms with Gasteiger partial charge in [0.2, 0.25) is 5.91 Å². The Morgan fingerprint density at radius 2 is 2.00 bits per heavy atom. The zero-order chi connectivity index (χ0) is 16.4. The van der Waals surface area contributed by atoms with E-state index in [-0.39, 0.29) is 22.3 Å². The van der Waals surface area contributed by atoms with Crippen molar-refractivity contribution in [2.24, 2.45) is 11.7 Å². The molecular weight excluding hydrogens is 303 g/mol. The highest BCUT2D eigenvalue weighted by Crippen LogP contribution is 2.37. The maximum atomic E-state index is 13.2. The Labute approximate surface area is 133 Å². The van der Waals surface area contributed by atoms with Crippen molar-refractivity contribution in [2.45, 2.75) is 5.92 Å². The van der Waals surface area contributed by atoms with Gasteiger partial charge in [0.25, 0.3) is 0 Å². The normalized spacial score (nSPS) is 21.1. The number of nitrogens with one attached hydrogen (secondary N) is 1. The van der Waals surface area contributed by atoms with Gasteiger partial charge >= 0.3 is 0 Å². The van der Waals surface area contributed by atoms with Crippen molar-refractivity contribution in [3.63, 3.8) is 0 Å².